The zero-order valence-corrected chi connectivity index (χ0v) is 9.26. The lowest BCUT2D eigenvalue weighted by Gasteiger charge is -2.33. The van der Waals surface area contributed by atoms with Crippen LogP contribution in [-0.2, 0) is 0 Å². The zero-order chi connectivity index (χ0) is 11.1. The smallest absolute Gasteiger partial charge is 0.127 e. The first kappa shape index (κ1) is 10.3. The fourth-order valence-corrected chi connectivity index (χ4v) is 2.34. The molecule has 2 N–H and O–H groups in total. The second kappa shape index (κ2) is 3.40. The predicted molar refractivity (Wildman–Crippen MR) is 61.5 cm³/mol. The standard InChI is InChI=1S/C12H17FN2/c1-12(2)4-3-5-15(12)11-7-9(13)6-10(14)8-11/h6-8H,3-5,14H2,1-2H3. The first-order chi connectivity index (χ1) is 6.99. The maximum atomic E-state index is 13.2. The van der Waals surface area contributed by atoms with Crippen LogP contribution in [0.2, 0.25) is 0 Å². The molecule has 2 rings (SSSR count). The number of halogens is 1. The van der Waals surface area contributed by atoms with Crippen molar-refractivity contribution in [3.63, 3.8) is 0 Å². The minimum absolute atomic E-state index is 0.111. The second-order valence-corrected chi connectivity index (χ2v) is 4.81. The summed E-state index contributed by atoms with van der Waals surface area (Å²) >= 11 is 0. The van der Waals surface area contributed by atoms with Crippen molar-refractivity contribution in [2.75, 3.05) is 17.2 Å². The van der Waals surface area contributed by atoms with Crippen molar-refractivity contribution in [3.05, 3.63) is 24.0 Å². The summed E-state index contributed by atoms with van der Waals surface area (Å²) in [5.41, 5.74) is 7.15. The molecule has 1 aromatic rings. The Bertz CT molecular complexity index is 354. The van der Waals surface area contributed by atoms with Crippen LogP contribution in [0.1, 0.15) is 26.7 Å². The topological polar surface area (TPSA) is 29.3 Å². The van der Waals surface area contributed by atoms with Gasteiger partial charge in [0.05, 0.1) is 0 Å². The summed E-state index contributed by atoms with van der Waals surface area (Å²) in [6.07, 6.45) is 2.30. The number of nitrogens with two attached hydrogens (primary N) is 1. The minimum Gasteiger partial charge on any atom is -0.399 e. The van der Waals surface area contributed by atoms with E-state index in [1.165, 1.54) is 6.07 Å². The summed E-state index contributed by atoms with van der Waals surface area (Å²) in [5.74, 6) is -0.257. The number of hydrogen-bond acceptors (Lipinski definition) is 2. The fraction of sp³-hybridized carbons (Fsp3) is 0.500. The Balaban J connectivity index is 2.37. The molecule has 0 aliphatic carbocycles. The number of rotatable bonds is 1. The monoisotopic (exact) mass is 208 g/mol. The van der Waals surface area contributed by atoms with Gasteiger partial charge < -0.3 is 10.6 Å². The third kappa shape index (κ3) is 1.91. The average Bonchev–Trinajstić information content (AvgIpc) is 2.43. The van der Waals surface area contributed by atoms with E-state index in [9.17, 15) is 4.39 Å². The van der Waals surface area contributed by atoms with Crippen LogP contribution in [0.3, 0.4) is 0 Å². The van der Waals surface area contributed by atoms with Gasteiger partial charge in [0.1, 0.15) is 5.82 Å². The van der Waals surface area contributed by atoms with E-state index in [2.05, 4.69) is 18.7 Å². The van der Waals surface area contributed by atoms with E-state index in [0.29, 0.717) is 5.69 Å². The van der Waals surface area contributed by atoms with Crippen molar-refractivity contribution >= 4 is 11.4 Å². The van der Waals surface area contributed by atoms with Gasteiger partial charge in [0, 0.05) is 23.5 Å². The number of anilines is 2. The normalized spacial score (nSPS) is 19.5. The molecule has 0 saturated carbocycles. The van der Waals surface area contributed by atoms with E-state index < -0.39 is 0 Å². The summed E-state index contributed by atoms with van der Waals surface area (Å²) < 4.78 is 13.2. The highest BCUT2D eigenvalue weighted by Gasteiger charge is 2.32. The van der Waals surface area contributed by atoms with Crippen molar-refractivity contribution in [1.29, 1.82) is 0 Å². The van der Waals surface area contributed by atoms with Gasteiger partial charge in [-0.25, -0.2) is 4.39 Å². The van der Waals surface area contributed by atoms with Crippen molar-refractivity contribution in [2.45, 2.75) is 32.2 Å². The van der Waals surface area contributed by atoms with Crippen LogP contribution < -0.4 is 10.6 Å². The number of hydrogen-bond donors (Lipinski definition) is 1. The Kier molecular flexibility index (Phi) is 2.33. The summed E-state index contributed by atoms with van der Waals surface area (Å²) in [5, 5.41) is 0. The van der Waals surface area contributed by atoms with E-state index >= 15 is 0 Å². The summed E-state index contributed by atoms with van der Waals surface area (Å²) in [7, 11) is 0. The SMILES string of the molecule is CC1(C)CCCN1c1cc(N)cc(F)c1. The van der Waals surface area contributed by atoms with Gasteiger partial charge in [-0.2, -0.15) is 0 Å². The third-order valence-corrected chi connectivity index (χ3v) is 3.12. The lowest BCUT2D eigenvalue weighted by molar-refractivity contribution is 0.516. The molecule has 0 bridgehead atoms. The van der Waals surface area contributed by atoms with E-state index in [-0.39, 0.29) is 11.4 Å². The highest BCUT2D eigenvalue weighted by atomic mass is 19.1. The Labute approximate surface area is 89.9 Å². The molecular weight excluding hydrogens is 191 g/mol. The van der Waals surface area contributed by atoms with Crippen LogP contribution in [-0.4, -0.2) is 12.1 Å². The van der Waals surface area contributed by atoms with E-state index in [0.717, 1.165) is 25.1 Å². The minimum atomic E-state index is -0.257. The quantitative estimate of drug-likeness (QED) is 0.719. The molecule has 0 unspecified atom stereocenters. The molecule has 1 aliphatic rings. The largest absolute Gasteiger partial charge is 0.399 e. The molecule has 0 atom stereocenters. The molecule has 1 aliphatic heterocycles. The molecule has 0 radical (unpaired) electrons. The number of benzene rings is 1. The molecule has 0 amide bonds. The molecular formula is C12H17FN2. The van der Waals surface area contributed by atoms with Gasteiger partial charge in [-0.1, -0.05) is 0 Å². The first-order valence-corrected chi connectivity index (χ1v) is 5.33. The highest BCUT2D eigenvalue weighted by Crippen LogP contribution is 2.34. The summed E-state index contributed by atoms with van der Waals surface area (Å²) in [6.45, 7) is 5.35. The Hall–Kier alpha value is -1.25. The Morgan fingerprint density at radius 3 is 2.60 bits per heavy atom. The van der Waals surface area contributed by atoms with Crippen LogP contribution >= 0.6 is 0 Å². The summed E-state index contributed by atoms with van der Waals surface area (Å²) in [4.78, 5) is 2.23. The predicted octanol–water partition coefficient (Wildman–Crippen LogP) is 2.79. The molecule has 15 heavy (non-hydrogen) atoms. The Morgan fingerprint density at radius 1 is 1.33 bits per heavy atom. The molecule has 0 aromatic heterocycles. The van der Waals surface area contributed by atoms with Crippen molar-refractivity contribution < 1.29 is 4.39 Å². The number of nitrogens with zero attached hydrogens (tertiary/aromatic N) is 1. The van der Waals surface area contributed by atoms with Gasteiger partial charge in [0.2, 0.25) is 0 Å². The van der Waals surface area contributed by atoms with E-state index in [4.69, 9.17) is 5.73 Å². The molecule has 3 heteroatoms. The maximum Gasteiger partial charge on any atom is 0.127 e. The maximum absolute atomic E-state index is 13.2. The highest BCUT2D eigenvalue weighted by molar-refractivity contribution is 5.58. The van der Waals surface area contributed by atoms with E-state index in [1.807, 2.05) is 6.07 Å². The summed E-state index contributed by atoms with van der Waals surface area (Å²) in [6, 6.07) is 4.76. The second-order valence-electron chi connectivity index (χ2n) is 4.81. The van der Waals surface area contributed by atoms with Crippen LogP contribution in [0.25, 0.3) is 0 Å². The lowest BCUT2D eigenvalue weighted by atomic mass is 10.0. The van der Waals surface area contributed by atoms with Crippen LogP contribution in [0.4, 0.5) is 15.8 Å². The van der Waals surface area contributed by atoms with Gasteiger partial charge in [-0.05, 0) is 44.9 Å². The molecule has 2 nitrogen and oxygen atoms in total. The fourth-order valence-electron chi connectivity index (χ4n) is 2.34. The average molecular weight is 208 g/mol. The van der Waals surface area contributed by atoms with Gasteiger partial charge >= 0.3 is 0 Å². The van der Waals surface area contributed by atoms with Gasteiger partial charge in [-0.15, -0.1) is 0 Å². The van der Waals surface area contributed by atoms with Crippen molar-refractivity contribution in [1.82, 2.24) is 0 Å². The van der Waals surface area contributed by atoms with Gasteiger partial charge in [-0.3, -0.25) is 0 Å². The zero-order valence-electron chi connectivity index (χ0n) is 9.26. The lowest BCUT2D eigenvalue weighted by Crippen LogP contribution is -2.38. The Morgan fingerprint density at radius 2 is 2.07 bits per heavy atom. The van der Waals surface area contributed by atoms with Gasteiger partial charge in [0.15, 0.2) is 0 Å². The van der Waals surface area contributed by atoms with Crippen molar-refractivity contribution in [3.8, 4) is 0 Å². The molecule has 1 saturated heterocycles. The van der Waals surface area contributed by atoms with Crippen LogP contribution in [0.5, 0.6) is 0 Å². The van der Waals surface area contributed by atoms with Crippen molar-refractivity contribution in [2.24, 2.45) is 0 Å². The molecule has 82 valence electrons. The van der Waals surface area contributed by atoms with Crippen LogP contribution in [0.15, 0.2) is 18.2 Å². The van der Waals surface area contributed by atoms with E-state index in [1.54, 1.807) is 6.07 Å². The van der Waals surface area contributed by atoms with Crippen LogP contribution in [0, 0.1) is 5.82 Å². The first-order valence-electron chi connectivity index (χ1n) is 5.33. The molecule has 1 aromatic carbocycles. The molecule has 1 heterocycles. The van der Waals surface area contributed by atoms with Gasteiger partial charge in [0.25, 0.3) is 0 Å². The molecule has 1 fully saturated rings. The third-order valence-electron chi connectivity index (χ3n) is 3.12. The number of nitrogen functional groups attached to an aromatic ring is 1. The molecule has 0 spiro atoms.